The van der Waals surface area contributed by atoms with Crippen LogP contribution in [-0.4, -0.2) is 48.2 Å². The Kier molecular flexibility index (Phi) is 3.82. The highest BCUT2D eigenvalue weighted by Crippen LogP contribution is 2.22. The van der Waals surface area contributed by atoms with Crippen LogP contribution in [0.25, 0.3) is 5.82 Å². The summed E-state index contributed by atoms with van der Waals surface area (Å²) < 4.78 is 3.75. The van der Waals surface area contributed by atoms with Gasteiger partial charge in [0.1, 0.15) is 0 Å². The molecule has 0 aromatic carbocycles. The average molecular weight is 322 g/mol. The monoisotopic (exact) mass is 322 g/mol. The molecule has 1 atom stereocenters. The number of aromatic nitrogens is 5. The van der Waals surface area contributed by atoms with Crippen LogP contribution in [0.1, 0.15) is 29.2 Å². The predicted octanol–water partition coefficient (Wildman–Crippen LogP) is 1.94. The molecule has 0 N–H and O–H groups in total. The first kappa shape index (κ1) is 14.6. The van der Waals surface area contributed by atoms with E-state index in [0.717, 1.165) is 19.4 Å². The van der Waals surface area contributed by atoms with Crippen molar-refractivity contribution < 1.29 is 4.79 Å². The Bertz CT molecular complexity index is 794. The van der Waals surface area contributed by atoms with Gasteiger partial charge in [0.15, 0.2) is 5.82 Å². The van der Waals surface area contributed by atoms with Crippen molar-refractivity contribution in [3.8, 4) is 5.82 Å². The molecule has 1 amide bonds. The lowest BCUT2D eigenvalue weighted by Gasteiger charge is -2.33. The summed E-state index contributed by atoms with van der Waals surface area (Å²) in [5, 5.41) is 4.14. The Balaban J connectivity index is 1.49. The molecule has 0 aliphatic carbocycles. The number of hydrogen-bond acceptors (Lipinski definition) is 4. The van der Waals surface area contributed by atoms with Crippen molar-refractivity contribution in [1.29, 1.82) is 0 Å². The second-order valence-corrected chi connectivity index (χ2v) is 5.91. The van der Waals surface area contributed by atoms with Crippen LogP contribution in [0.4, 0.5) is 0 Å². The van der Waals surface area contributed by atoms with Crippen LogP contribution in [0.15, 0.2) is 55.5 Å². The number of pyridine rings is 1. The molecule has 4 rings (SSSR count). The number of rotatable bonds is 3. The maximum Gasteiger partial charge on any atom is 0.255 e. The van der Waals surface area contributed by atoms with Gasteiger partial charge in [0.2, 0.25) is 0 Å². The van der Waals surface area contributed by atoms with Gasteiger partial charge in [-0.1, -0.05) is 0 Å². The molecule has 3 aromatic rings. The van der Waals surface area contributed by atoms with Crippen LogP contribution < -0.4 is 0 Å². The fraction of sp³-hybridized carbons (Fsp3) is 0.294. The summed E-state index contributed by atoms with van der Waals surface area (Å²) >= 11 is 0. The normalized spacial score (nSPS) is 17.8. The highest BCUT2D eigenvalue weighted by atomic mass is 16.2. The summed E-state index contributed by atoms with van der Waals surface area (Å²) in [5.41, 5.74) is 0.609. The third-order valence-electron chi connectivity index (χ3n) is 4.36. The Morgan fingerprint density at radius 2 is 2.17 bits per heavy atom. The zero-order valence-electron chi connectivity index (χ0n) is 13.2. The second kappa shape index (κ2) is 6.27. The lowest BCUT2D eigenvalue weighted by Crippen LogP contribution is -2.40. The minimum absolute atomic E-state index is 0.0272. The number of hydrogen-bond donors (Lipinski definition) is 0. The van der Waals surface area contributed by atoms with Gasteiger partial charge in [-0.2, -0.15) is 5.10 Å². The van der Waals surface area contributed by atoms with Crippen LogP contribution in [-0.2, 0) is 0 Å². The van der Waals surface area contributed by atoms with Crippen LogP contribution >= 0.6 is 0 Å². The predicted molar refractivity (Wildman–Crippen MR) is 87.8 cm³/mol. The lowest BCUT2D eigenvalue weighted by molar-refractivity contribution is 0.0679. The van der Waals surface area contributed by atoms with Crippen LogP contribution in [0, 0.1) is 0 Å². The van der Waals surface area contributed by atoms with Gasteiger partial charge in [0.05, 0.1) is 17.9 Å². The van der Waals surface area contributed by atoms with Crippen molar-refractivity contribution in [3.63, 3.8) is 0 Å². The molecular formula is C17H18N6O. The Morgan fingerprint density at radius 3 is 2.88 bits per heavy atom. The van der Waals surface area contributed by atoms with Gasteiger partial charge < -0.3 is 9.47 Å². The van der Waals surface area contributed by atoms with Gasteiger partial charge in [-0.15, -0.1) is 0 Å². The Hall–Kier alpha value is -2.96. The summed E-state index contributed by atoms with van der Waals surface area (Å²) in [4.78, 5) is 23.1. The largest absolute Gasteiger partial charge is 0.337 e. The van der Waals surface area contributed by atoms with E-state index in [2.05, 4.69) is 19.6 Å². The number of likely N-dealkylation sites (tertiary alicyclic amines) is 1. The maximum absolute atomic E-state index is 12.8. The molecule has 4 heterocycles. The molecule has 1 aliphatic heterocycles. The van der Waals surface area contributed by atoms with Gasteiger partial charge >= 0.3 is 0 Å². The van der Waals surface area contributed by atoms with Crippen molar-refractivity contribution >= 4 is 5.91 Å². The van der Waals surface area contributed by atoms with Crippen molar-refractivity contribution in [1.82, 2.24) is 29.2 Å². The van der Waals surface area contributed by atoms with E-state index in [1.807, 2.05) is 41.8 Å². The van der Waals surface area contributed by atoms with Crippen LogP contribution in [0.2, 0.25) is 0 Å². The quantitative estimate of drug-likeness (QED) is 0.739. The fourth-order valence-corrected chi connectivity index (χ4v) is 3.10. The number of piperidine rings is 1. The van der Waals surface area contributed by atoms with E-state index in [9.17, 15) is 4.79 Å². The molecular weight excluding hydrogens is 304 g/mol. The molecule has 7 nitrogen and oxygen atoms in total. The van der Waals surface area contributed by atoms with E-state index in [0.29, 0.717) is 24.0 Å². The average Bonchev–Trinajstić information content (AvgIpc) is 3.35. The van der Waals surface area contributed by atoms with Crippen LogP contribution in [0.3, 0.4) is 0 Å². The lowest BCUT2D eigenvalue weighted by atomic mass is 10.0. The molecule has 0 spiro atoms. The molecule has 1 fully saturated rings. The molecule has 122 valence electrons. The highest BCUT2D eigenvalue weighted by Gasteiger charge is 2.25. The zero-order chi connectivity index (χ0) is 16.4. The third-order valence-corrected chi connectivity index (χ3v) is 4.36. The fourth-order valence-electron chi connectivity index (χ4n) is 3.10. The third kappa shape index (κ3) is 2.80. The molecule has 0 radical (unpaired) electrons. The first-order valence-electron chi connectivity index (χ1n) is 8.04. The van der Waals surface area contributed by atoms with E-state index in [4.69, 9.17) is 0 Å². The molecule has 1 saturated heterocycles. The topological polar surface area (TPSA) is 68.8 Å². The van der Waals surface area contributed by atoms with E-state index in [1.165, 1.54) is 0 Å². The minimum Gasteiger partial charge on any atom is -0.337 e. The minimum atomic E-state index is 0.0272. The zero-order valence-corrected chi connectivity index (χ0v) is 13.2. The van der Waals surface area contributed by atoms with E-state index in [-0.39, 0.29) is 5.91 Å². The van der Waals surface area contributed by atoms with Gasteiger partial charge in [-0.3, -0.25) is 4.79 Å². The summed E-state index contributed by atoms with van der Waals surface area (Å²) in [5.74, 6) is 0.728. The SMILES string of the molecule is O=C(c1ccc(-n2cccn2)nc1)N1CCC[C@@H](n2ccnc2)C1. The van der Waals surface area contributed by atoms with Gasteiger partial charge in [0.25, 0.3) is 5.91 Å². The number of carbonyl (C=O) groups is 1. The second-order valence-electron chi connectivity index (χ2n) is 5.91. The van der Waals surface area contributed by atoms with Gasteiger partial charge in [-0.05, 0) is 31.0 Å². The number of imidazole rings is 1. The molecule has 0 unspecified atom stereocenters. The van der Waals surface area contributed by atoms with E-state index < -0.39 is 0 Å². The molecule has 3 aromatic heterocycles. The summed E-state index contributed by atoms with van der Waals surface area (Å²) in [7, 11) is 0. The Labute approximate surface area is 139 Å². The first-order chi connectivity index (χ1) is 11.8. The Morgan fingerprint density at radius 1 is 1.21 bits per heavy atom. The maximum atomic E-state index is 12.8. The van der Waals surface area contributed by atoms with Crippen molar-refractivity contribution in [3.05, 3.63) is 61.1 Å². The van der Waals surface area contributed by atoms with Crippen molar-refractivity contribution in [2.75, 3.05) is 13.1 Å². The summed E-state index contributed by atoms with van der Waals surface area (Å²) in [6.07, 6.45) is 12.8. The summed E-state index contributed by atoms with van der Waals surface area (Å²) in [6.45, 7) is 1.49. The first-order valence-corrected chi connectivity index (χ1v) is 8.04. The van der Waals surface area contributed by atoms with Crippen LogP contribution in [0.5, 0.6) is 0 Å². The number of amides is 1. The van der Waals surface area contributed by atoms with Crippen molar-refractivity contribution in [2.24, 2.45) is 0 Å². The summed E-state index contributed by atoms with van der Waals surface area (Å²) in [6, 6.07) is 5.76. The van der Waals surface area contributed by atoms with E-state index >= 15 is 0 Å². The molecule has 0 bridgehead atoms. The van der Waals surface area contributed by atoms with Gasteiger partial charge in [0, 0.05) is 44.1 Å². The molecule has 7 heteroatoms. The number of carbonyl (C=O) groups excluding carboxylic acids is 1. The standard InChI is InChI=1S/C17H18N6O/c24-17(14-4-5-16(19-11-14)23-9-2-6-20-23)21-8-1-3-15(12-21)22-10-7-18-13-22/h2,4-7,9-11,13,15H,1,3,8,12H2/t15-/m1/s1. The smallest absolute Gasteiger partial charge is 0.255 e. The van der Waals surface area contributed by atoms with Crippen molar-refractivity contribution in [2.45, 2.75) is 18.9 Å². The molecule has 24 heavy (non-hydrogen) atoms. The molecule has 0 saturated carbocycles. The highest BCUT2D eigenvalue weighted by molar-refractivity contribution is 5.94. The number of nitrogens with zero attached hydrogens (tertiary/aromatic N) is 6. The molecule has 1 aliphatic rings. The van der Waals surface area contributed by atoms with E-state index in [1.54, 1.807) is 23.3 Å². The van der Waals surface area contributed by atoms with Gasteiger partial charge in [-0.25, -0.2) is 14.6 Å².